The van der Waals surface area contributed by atoms with Crippen LogP contribution in [0.4, 0.5) is 5.95 Å². The number of aromatic nitrogens is 3. The van der Waals surface area contributed by atoms with Gasteiger partial charge in [0.05, 0.1) is 38.3 Å². The summed E-state index contributed by atoms with van der Waals surface area (Å²) in [6, 6.07) is 13.0. The first-order valence-electron chi connectivity index (χ1n) is 10.9. The standard InChI is InChI=1S/C24H28N4O4S/c1-30-17-11-12-21(31-2)18(15-17)20(29)16-33-24-26-25-23(27-13-7-4-8-14-27)28(24)19-9-5-6-10-22(19)32-3/h5-6,9-12,15H,4,7-8,13-14,16H2,1-3H3. The molecule has 2 heterocycles. The number of Topliss-reactive ketones (excluding diaryl/α,β-unsaturated/α-hetero) is 1. The third-order valence-electron chi connectivity index (χ3n) is 5.62. The number of ether oxygens (including phenoxy) is 3. The highest BCUT2D eigenvalue weighted by Gasteiger charge is 2.24. The Morgan fingerprint density at radius 1 is 0.939 bits per heavy atom. The third kappa shape index (κ3) is 4.93. The van der Waals surface area contributed by atoms with Crippen molar-refractivity contribution in [2.45, 2.75) is 24.4 Å². The lowest BCUT2D eigenvalue weighted by atomic mass is 10.1. The second-order valence-corrected chi connectivity index (χ2v) is 8.56. The third-order valence-corrected chi connectivity index (χ3v) is 6.55. The van der Waals surface area contributed by atoms with Crippen molar-refractivity contribution in [1.82, 2.24) is 14.8 Å². The number of thioether (sulfide) groups is 1. The number of para-hydroxylation sites is 2. The molecule has 9 heteroatoms. The lowest BCUT2D eigenvalue weighted by Crippen LogP contribution is -2.31. The molecule has 0 unspecified atom stereocenters. The molecule has 0 atom stereocenters. The highest BCUT2D eigenvalue weighted by atomic mass is 32.2. The van der Waals surface area contributed by atoms with Crippen molar-refractivity contribution >= 4 is 23.5 Å². The molecule has 0 spiro atoms. The van der Waals surface area contributed by atoms with E-state index in [1.165, 1.54) is 18.2 Å². The van der Waals surface area contributed by atoms with E-state index < -0.39 is 0 Å². The van der Waals surface area contributed by atoms with Crippen molar-refractivity contribution in [3.8, 4) is 22.9 Å². The number of rotatable bonds is 9. The van der Waals surface area contributed by atoms with E-state index in [1.54, 1.807) is 39.5 Å². The molecular weight excluding hydrogens is 440 g/mol. The van der Waals surface area contributed by atoms with E-state index in [1.807, 2.05) is 28.8 Å². The van der Waals surface area contributed by atoms with Gasteiger partial charge in [0.2, 0.25) is 5.95 Å². The van der Waals surface area contributed by atoms with Crippen LogP contribution in [0.1, 0.15) is 29.6 Å². The van der Waals surface area contributed by atoms with Crippen LogP contribution in [0, 0.1) is 0 Å². The normalized spacial score (nSPS) is 13.6. The lowest BCUT2D eigenvalue weighted by Gasteiger charge is -2.28. The summed E-state index contributed by atoms with van der Waals surface area (Å²) in [5.41, 5.74) is 1.32. The molecule has 1 saturated heterocycles. The molecule has 0 bridgehead atoms. The van der Waals surface area contributed by atoms with E-state index in [4.69, 9.17) is 14.2 Å². The predicted octanol–water partition coefficient (Wildman–Crippen LogP) is 4.26. The number of nitrogens with zero attached hydrogens (tertiary/aromatic N) is 4. The second-order valence-electron chi connectivity index (χ2n) is 7.62. The van der Waals surface area contributed by atoms with E-state index in [0.717, 1.165) is 43.3 Å². The van der Waals surface area contributed by atoms with Gasteiger partial charge in [-0.15, -0.1) is 10.2 Å². The van der Waals surface area contributed by atoms with Crippen molar-refractivity contribution in [2.24, 2.45) is 0 Å². The van der Waals surface area contributed by atoms with Crippen LogP contribution >= 0.6 is 11.8 Å². The van der Waals surface area contributed by atoms with Crippen molar-refractivity contribution in [3.05, 3.63) is 48.0 Å². The average Bonchev–Trinajstić information content (AvgIpc) is 3.31. The summed E-state index contributed by atoms with van der Waals surface area (Å²) in [6.07, 6.45) is 3.46. The van der Waals surface area contributed by atoms with Gasteiger partial charge >= 0.3 is 0 Å². The van der Waals surface area contributed by atoms with Crippen LogP contribution in [0.25, 0.3) is 5.69 Å². The van der Waals surface area contributed by atoms with Gasteiger partial charge in [0, 0.05) is 13.1 Å². The molecule has 0 radical (unpaired) electrons. The molecule has 2 aromatic carbocycles. The molecule has 1 aliphatic rings. The van der Waals surface area contributed by atoms with Gasteiger partial charge in [0.25, 0.3) is 0 Å². The Morgan fingerprint density at radius 3 is 2.42 bits per heavy atom. The summed E-state index contributed by atoms with van der Waals surface area (Å²) in [5.74, 6) is 2.71. The van der Waals surface area contributed by atoms with Crippen LogP contribution in [-0.2, 0) is 0 Å². The summed E-state index contributed by atoms with van der Waals surface area (Å²) in [5, 5.41) is 9.60. The number of carbonyl (C=O) groups is 1. The zero-order valence-corrected chi connectivity index (χ0v) is 19.9. The predicted molar refractivity (Wildman–Crippen MR) is 129 cm³/mol. The number of methoxy groups -OCH3 is 3. The molecule has 0 aliphatic carbocycles. The molecule has 33 heavy (non-hydrogen) atoms. The van der Waals surface area contributed by atoms with Crippen molar-refractivity contribution in [1.29, 1.82) is 0 Å². The number of piperidine rings is 1. The van der Waals surface area contributed by atoms with Gasteiger partial charge in [-0.05, 0) is 49.6 Å². The zero-order valence-electron chi connectivity index (χ0n) is 19.1. The largest absolute Gasteiger partial charge is 0.497 e. The minimum absolute atomic E-state index is 0.0788. The molecule has 8 nitrogen and oxygen atoms in total. The number of ketones is 1. The maximum absolute atomic E-state index is 13.1. The molecule has 0 saturated carbocycles. The average molecular weight is 469 g/mol. The highest BCUT2D eigenvalue weighted by Crippen LogP contribution is 2.33. The summed E-state index contributed by atoms with van der Waals surface area (Å²) in [7, 11) is 4.77. The first kappa shape index (κ1) is 23.0. The zero-order chi connectivity index (χ0) is 23.2. The Bertz CT molecular complexity index is 1110. The van der Waals surface area contributed by atoms with Crippen LogP contribution in [0.5, 0.6) is 17.2 Å². The second kappa shape index (κ2) is 10.6. The maximum Gasteiger partial charge on any atom is 0.232 e. The van der Waals surface area contributed by atoms with Gasteiger partial charge in [-0.1, -0.05) is 23.9 Å². The van der Waals surface area contributed by atoms with Gasteiger partial charge in [0.1, 0.15) is 17.2 Å². The molecule has 0 amide bonds. The Hall–Kier alpha value is -3.20. The number of benzene rings is 2. The van der Waals surface area contributed by atoms with Crippen LogP contribution in [0.2, 0.25) is 0 Å². The summed E-state index contributed by atoms with van der Waals surface area (Å²) in [6.45, 7) is 1.86. The molecule has 0 N–H and O–H groups in total. The molecule has 174 valence electrons. The maximum atomic E-state index is 13.1. The number of carbonyl (C=O) groups excluding carboxylic acids is 1. The first-order chi connectivity index (χ1) is 16.2. The van der Waals surface area contributed by atoms with Crippen LogP contribution in [0.3, 0.4) is 0 Å². The quantitative estimate of drug-likeness (QED) is 0.341. The number of hydrogen-bond donors (Lipinski definition) is 0. The van der Waals surface area contributed by atoms with Crippen LogP contribution in [0.15, 0.2) is 47.6 Å². The molecule has 1 aromatic heterocycles. The van der Waals surface area contributed by atoms with E-state index in [2.05, 4.69) is 15.1 Å². The van der Waals surface area contributed by atoms with Crippen LogP contribution in [-0.4, -0.2) is 60.7 Å². The van der Waals surface area contributed by atoms with E-state index in [0.29, 0.717) is 22.2 Å². The minimum Gasteiger partial charge on any atom is -0.497 e. The van der Waals surface area contributed by atoms with Gasteiger partial charge in [0.15, 0.2) is 10.9 Å². The van der Waals surface area contributed by atoms with Crippen molar-refractivity contribution in [3.63, 3.8) is 0 Å². The lowest BCUT2D eigenvalue weighted by molar-refractivity contribution is 0.101. The number of anilines is 1. The Labute approximate surface area is 197 Å². The van der Waals surface area contributed by atoms with Crippen molar-refractivity contribution in [2.75, 3.05) is 45.1 Å². The van der Waals surface area contributed by atoms with Gasteiger partial charge in [-0.25, -0.2) is 0 Å². The Kier molecular flexibility index (Phi) is 7.39. The van der Waals surface area contributed by atoms with Gasteiger partial charge in [-0.3, -0.25) is 9.36 Å². The van der Waals surface area contributed by atoms with E-state index in [9.17, 15) is 4.79 Å². The molecule has 3 aromatic rings. The summed E-state index contributed by atoms with van der Waals surface area (Å²) >= 11 is 1.34. The number of hydrogen-bond acceptors (Lipinski definition) is 8. The van der Waals surface area contributed by atoms with E-state index >= 15 is 0 Å². The minimum atomic E-state index is -0.0788. The smallest absolute Gasteiger partial charge is 0.232 e. The summed E-state index contributed by atoms with van der Waals surface area (Å²) < 4.78 is 18.3. The van der Waals surface area contributed by atoms with Gasteiger partial charge in [-0.2, -0.15) is 0 Å². The molecular formula is C24H28N4O4S. The highest BCUT2D eigenvalue weighted by molar-refractivity contribution is 7.99. The van der Waals surface area contributed by atoms with E-state index in [-0.39, 0.29) is 11.5 Å². The van der Waals surface area contributed by atoms with Gasteiger partial charge < -0.3 is 19.1 Å². The topological polar surface area (TPSA) is 78.7 Å². The molecule has 1 fully saturated rings. The Balaban J connectivity index is 1.66. The fourth-order valence-corrected chi connectivity index (χ4v) is 4.74. The van der Waals surface area contributed by atoms with Crippen LogP contribution < -0.4 is 19.1 Å². The monoisotopic (exact) mass is 468 g/mol. The van der Waals surface area contributed by atoms with Crippen molar-refractivity contribution < 1.29 is 19.0 Å². The summed E-state index contributed by atoms with van der Waals surface area (Å²) in [4.78, 5) is 15.3. The molecule has 1 aliphatic heterocycles. The Morgan fingerprint density at radius 2 is 1.70 bits per heavy atom. The first-order valence-corrected chi connectivity index (χ1v) is 11.9. The SMILES string of the molecule is COc1ccc(OC)c(C(=O)CSc2nnc(N3CCCCC3)n2-c2ccccc2OC)c1. The fraction of sp³-hybridized carbons (Fsp3) is 0.375. The molecule has 4 rings (SSSR count). The fourth-order valence-electron chi connectivity index (χ4n) is 3.92.